The van der Waals surface area contributed by atoms with Crippen LogP contribution in [-0.4, -0.2) is 24.0 Å². The summed E-state index contributed by atoms with van der Waals surface area (Å²) in [6, 6.07) is 0.787. The second-order valence-corrected chi connectivity index (χ2v) is 4.69. The molecule has 1 fully saturated rings. The Morgan fingerprint density at radius 2 is 1.93 bits per heavy atom. The van der Waals surface area contributed by atoms with E-state index in [9.17, 15) is 4.79 Å². The number of hydrogen-bond donors (Lipinski definition) is 2. The molecular weight excluding hydrogens is 188 g/mol. The Labute approximate surface area is 93.0 Å². The van der Waals surface area contributed by atoms with Crippen molar-refractivity contribution in [1.82, 2.24) is 10.6 Å². The van der Waals surface area contributed by atoms with E-state index < -0.39 is 0 Å². The molecule has 0 aromatic carbocycles. The minimum absolute atomic E-state index is 0.0536. The number of rotatable bonds is 5. The highest BCUT2D eigenvalue weighted by Gasteiger charge is 2.21. The monoisotopic (exact) mass is 212 g/mol. The lowest BCUT2D eigenvalue weighted by atomic mass is 10.2. The molecule has 3 heteroatoms. The molecule has 88 valence electrons. The molecule has 2 unspecified atom stereocenters. The molecule has 1 amide bonds. The highest BCUT2D eigenvalue weighted by molar-refractivity contribution is 5.81. The molecule has 1 aliphatic rings. The summed E-state index contributed by atoms with van der Waals surface area (Å²) in [7, 11) is 0. The van der Waals surface area contributed by atoms with Crippen molar-refractivity contribution >= 4 is 5.91 Å². The number of carbonyl (C=O) groups excluding carboxylic acids is 1. The standard InChI is InChI=1S/C12H24N2O/c1-4-9(2)13-12(15)10(3)14-11-7-5-6-8-11/h9-11,14H,4-8H2,1-3H3,(H,13,15). The van der Waals surface area contributed by atoms with E-state index in [0.717, 1.165) is 6.42 Å². The van der Waals surface area contributed by atoms with Crippen molar-refractivity contribution in [2.24, 2.45) is 0 Å². The minimum atomic E-state index is -0.0536. The molecule has 0 aromatic heterocycles. The molecule has 0 bridgehead atoms. The summed E-state index contributed by atoms with van der Waals surface area (Å²) >= 11 is 0. The van der Waals surface area contributed by atoms with Crippen molar-refractivity contribution in [3.63, 3.8) is 0 Å². The van der Waals surface area contributed by atoms with E-state index in [0.29, 0.717) is 6.04 Å². The van der Waals surface area contributed by atoms with Gasteiger partial charge in [0.05, 0.1) is 6.04 Å². The van der Waals surface area contributed by atoms with Gasteiger partial charge in [-0.05, 0) is 33.1 Å². The fraction of sp³-hybridized carbons (Fsp3) is 0.917. The molecule has 0 aliphatic heterocycles. The highest BCUT2D eigenvalue weighted by Crippen LogP contribution is 2.18. The topological polar surface area (TPSA) is 41.1 Å². The van der Waals surface area contributed by atoms with Crippen molar-refractivity contribution in [2.45, 2.75) is 71.0 Å². The zero-order valence-electron chi connectivity index (χ0n) is 10.2. The van der Waals surface area contributed by atoms with Gasteiger partial charge in [0.2, 0.25) is 5.91 Å². The lowest BCUT2D eigenvalue weighted by Gasteiger charge is -2.20. The van der Waals surface area contributed by atoms with Crippen molar-refractivity contribution in [1.29, 1.82) is 0 Å². The average molecular weight is 212 g/mol. The van der Waals surface area contributed by atoms with E-state index in [2.05, 4.69) is 17.6 Å². The van der Waals surface area contributed by atoms with E-state index in [1.165, 1.54) is 25.7 Å². The summed E-state index contributed by atoms with van der Waals surface area (Å²) in [5.41, 5.74) is 0. The molecule has 0 heterocycles. The highest BCUT2D eigenvalue weighted by atomic mass is 16.2. The third-order valence-electron chi connectivity index (χ3n) is 3.24. The Morgan fingerprint density at radius 3 is 2.47 bits per heavy atom. The first-order valence-corrected chi connectivity index (χ1v) is 6.20. The van der Waals surface area contributed by atoms with Gasteiger partial charge in [0.25, 0.3) is 0 Å². The Morgan fingerprint density at radius 1 is 1.33 bits per heavy atom. The average Bonchev–Trinajstić information content (AvgIpc) is 2.70. The molecule has 0 saturated heterocycles. The zero-order chi connectivity index (χ0) is 11.3. The maximum atomic E-state index is 11.7. The van der Waals surface area contributed by atoms with Crippen LogP contribution in [0.25, 0.3) is 0 Å². The van der Waals surface area contributed by atoms with Crippen molar-refractivity contribution in [3.8, 4) is 0 Å². The first-order chi connectivity index (χ1) is 7.13. The number of hydrogen-bond acceptors (Lipinski definition) is 2. The molecule has 15 heavy (non-hydrogen) atoms. The van der Waals surface area contributed by atoms with Gasteiger partial charge in [-0.2, -0.15) is 0 Å². The van der Waals surface area contributed by atoms with Crippen molar-refractivity contribution in [3.05, 3.63) is 0 Å². The maximum Gasteiger partial charge on any atom is 0.237 e. The van der Waals surface area contributed by atoms with Crippen LogP contribution in [0.4, 0.5) is 0 Å². The van der Waals surface area contributed by atoms with Gasteiger partial charge in [0, 0.05) is 12.1 Å². The number of carbonyl (C=O) groups is 1. The zero-order valence-corrected chi connectivity index (χ0v) is 10.2. The van der Waals surface area contributed by atoms with Crippen LogP contribution in [0.1, 0.15) is 52.9 Å². The van der Waals surface area contributed by atoms with Gasteiger partial charge in [-0.15, -0.1) is 0 Å². The summed E-state index contributed by atoms with van der Waals surface area (Å²) in [5, 5.41) is 6.40. The SMILES string of the molecule is CCC(C)NC(=O)C(C)NC1CCCC1. The second kappa shape index (κ2) is 6.11. The molecule has 0 spiro atoms. The molecule has 0 aromatic rings. The number of amides is 1. The Hall–Kier alpha value is -0.570. The van der Waals surface area contributed by atoms with Gasteiger partial charge in [0.15, 0.2) is 0 Å². The van der Waals surface area contributed by atoms with E-state index in [1.807, 2.05) is 13.8 Å². The largest absolute Gasteiger partial charge is 0.352 e. The lowest BCUT2D eigenvalue weighted by Crippen LogP contribution is -2.48. The van der Waals surface area contributed by atoms with Crippen LogP contribution in [0.15, 0.2) is 0 Å². The molecule has 0 radical (unpaired) electrons. The Balaban J connectivity index is 2.25. The molecule has 2 atom stereocenters. The van der Waals surface area contributed by atoms with E-state index >= 15 is 0 Å². The summed E-state index contributed by atoms with van der Waals surface area (Å²) in [6.07, 6.45) is 6.04. The van der Waals surface area contributed by atoms with Crippen LogP contribution in [-0.2, 0) is 4.79 Å². The predicted molar refractivity (Wildman–Crippen MR) is 62.7 cm³/mol. The quantitative estimate of drug-likeness (QED) is 0.730. The van der Waals surface area contributed by atoms with E-state index in [4.69, 9.17) is 0 Å². The smallest absolute Gasteiger partial charge is 0.237 e. The normalized spacial score (nSPS) is 21.3. The van der Waals surface area contributed by atoms with Gasteiger partial charge >= 0.3 is 0 Å². The second-order valence-electron chi connectivity index (χ2n) is 4.69. The number of nitrogens with one attached hydrogen (secondary N) is 2. The minimum Gasteiger partial charge on any atom is -0.352 e. The first kappa shape index (κ1) is 12.5. The molecule has 1 saturated carbocycles. The van der Waals surface area contributed by atoms with Crippen LogP contribution in [0, 0.1) is 0 Å². The first-order valence-electron chi connectivity index (χ1n) is 6.20. The molecule has 3 nitrogen and oxygen atoms in total. The van der Waals surface area contributed by atoms with Gasteiger partial charge in [-0.3, -0.25) is 4.79 Å². The van der Waals surface area contributed by atoms with Crippen LogP contribution < -0.4 is 10.6 Å². The third kappa shape index (κ3) is 4.20. The van der Waals surface area contributed by atoms with Crippen LogP contribution >= 0.6 is 0 Å². The van der Waals surface area contributed by atoms with Crippen LogP contribution in [0.3, 0.4) is 0 Å². The van der Waals surface area contributed by atoms with Crippen molar-refractivity contribution in [2.75, 3.05) is 0 Å². The van der Waals surface area contributed by atoms with Gasteiger partial charge in [0.1, 0.15) is 0 Å². The molecule has 2 N–H and O–H groups in total. The summed E-state index contributed by atoms with van der Waals surface area (Å²) in [4.78, 5) is 11.7. The summed E-state index contributed by atoms with van der Waals surface area (Å²) in [6.45, 7) is 6.08. The fourth-order valence-electron chi connectivity index (χ4n) is 1.99. The Bertz CT molecular complexity index is 200. The van der Waals surface area contributed by atoms with E-state index in [-0.39, 0.29) is 18.0 Å². The predicted octanol–water partition coefficient (Wildman–Crippen LogP) is 1.82. The van der Waals surface area contributed by atoms with Crippen LogP contribution in [0.5, 0.6) is 0 Å². The fourth-order valence-corrected chi connectivity index (χ4v) is 1.99. The molecule has 1 aliphatic carbocycles. The van der Waals surface area contributed by atoms with Gasteiger partial charge in [-0.25, -0.2) is 0 Å². The van der Waals surface area contributed by atoms with Crippen molar-refractivity contribution < 1.29 is 4.79 Å². The third-order valence-corrected chi connectivity index (χ3v) is 3.24. The van der Waals surface area contributed by atoms with E-state index in [1.54, 1.807) is 0 Å². The molecular formula is C12H24N2O. The van der Waals surface area contributed by atoms with Gasteiger partial charge in [-0.1, -0.05) is 19.8 Å². The lowest BCUT2D eigenvalue weighted by molar-refractivity contribution is -0.123. The molecule has 1 rings (SSSR count). The maximum absolute atomic E-state index is 11.7. The summed E-state index contributed by atoms with van der Waals surface area (Å²) < 4.78 is 0. The van der Waals surface area contributed by atoms with Crippen LogP contribution in [0.2, 0.25) is 0 Å². The summed E-state index contributed by atoms with van der Waals surface area (Å²) in [5.74, 6) is 0.135. The Kier molecular flexibility index (Phi) is 5.09. The van der Waals surface area contributed by atoms with Gasteiger partial charge < -0.3 is 10.6 Å².